The van der Waals surface area contributed by atoms with Gasteiger partial charge in [-0.1, -0.05) is 11.6 Å². The second-order valence-corrected chi connectivity index (χ2v) is 4.21. The van der Waals surface area contributed by atoms with E-state index in [1.165, 1.54) is 24.5 Å². The molecule has 0 fully saturated rings. The van der Waals surface area contributed by atoms with Gasteiger partial charge in [0.05, 0.1) is 11.8 Å². The SMILES string of the molecule is C/C(=N/NC(=O)c1cc(Cl)ccc1O)c1ccco1. The molecular weight excluding hydrogens is 268 g/mol. The molecule has 19 heavy (non-hydrogen) atoms. The van der Waals surface area contributed by atoms with E-state index in [0.29, 0.717) is 16.5 Å². The molecule has 0 aliphatic heterocycles. The van der Waals surface area contributed by atoms with Crippen LogP contribution in [0.5, 0.6) is 5.75 Å². The van der Waals surface area contributed by atoms with Gasteiger partial charge >= 0.3 is 0 Å². The highest BCUT2D eigenvalue weighted by atomic mass is 35.5. The Morgan fingerprint density at radius 2 is 2.21 bits per heavy atom. The van der Waals surface area contributed by atoms with Crippen LogP contribution in [0.2, 0.25) is 5.02 Å². The van der Waals surface area contributed by atoms with Crippen LogP contribution in [0.1, 0.15) is 23.0 Å². The van der Waals surface area contributed by atoms with Crippen molar-refractivity contribution < 1.29 is 14.3 Å². The lowest BCUT2D eigenvalue weighted by atomic mass is 10.2. The number of carbonyl (C=O) groups excluding carboxylic acids is 1. The van der Waals surface area contributed by atoms with Crippen LogP contribution < -0.4 is 5.43 Å². The number of benzene rings is 1. The molecule has 0 unspecified atom stereocenters. The van der Waals surface area contributed by atoms with Crippen LogP contribution in [0.25, 0.3) is 0 Å². The highest BCUT2D eigenvalue weighted by Crippen LogP contribution is 2.21. The number of rotatable bonds is 3. The van der Waals surface area contributed by atoms with Gasteiger partial charge in [-0.05, 0) is 37.3 Å². The van der Waals surface area contributed by atoms with Gasteiger partial charge in [0, 0.05) is 5.02 Å². The second-order valence-electron chi connectivity index (χ2n) is 3.78. The van der Waals surface area contributed by atoms with Gasteiger partial charge in [-0.25, -0.2) is 5.43 Å². The van der Waals surface area contributed by atoms with E-state index in [0.717, 1.165) is 0 Å². The largest absolute Gasteiger partial charge is 0.507 e. The second kappa shape index (κ2) is 5.58. The first-order valence-electron chi connectivity index (χ1n) is 5.45. The molecule has 0 bridgehead atoms. The molecule has 0 saturated heterocycles. The lowest BCUT2D eigenvalue weighted by Crippen LogP contribution is -2.19. The van der Waals surface area contributed by atoms with E-state index in [4.69, 9.17) is 16.0 Å². The molecule has 2 N–H and O–H groups in total. The summed E-state index contributed by atoms with van der Waals surface area (Å²) in [6.07, 6.45) is 1.51. The summed E-state index contributed by atoms with van der Waals surface area (Å²) in [5.74, 6) is -0.158. The predicted octanol–water partition coefficient (Wildman–Crippen LogP) is 2.79. The third-order valence-corrected chi connectivity index (χ3v) is 2.64. The third kappa shape index (κ3) is 3.14. The maximum Gasteiger partial charge on any atom is 0.275 e. The fourth-order valence-corrected chi connectivity index (χ4v) is 1.60. The van der Waals surface area contributed by atoms with E-state index >= 15 is 0 Å². The predicted molar refractivity (Wildman–Crippen MR) is 71.5 cm³/mol. The average Bonchev–Trinajstić information content (AvgIpc) is 2.92. The summed E-state index contributed by atoms with van der Waals surface area (Å²) >= 11 is 5.76. The zero-order valence-electron chi connectivity index (χ0n) is 10.1. The summed E-state index contributed by atoms with van der Waals surface area (Å²) in [5, 5.41) is 13.8. The molecule has 1 aromatic heterocycles. The summed E-state index contributed by atoms with van der Waals surface area (Å²) in [5.41, 5.74) is 2.90. The first kappa shape index (κ1) is 13.2. The van der Waals surface area contributed by atoms with E-state index in [2.05, 4.69) is 10.5 Å². The van der Waals surface area contributed by atoms with Gasteiger partial charge in [-0.2, -0.15) is 5.10 Å². The fourth-order valence-electron chi connectivity index (χ4n) is 1.42. The Hall–Kier alpha value is -2.27. The van der Waals surface area contributed by atoms with Gasteiger partial charge in [0.2, 0.25) is 0 Å². The van der Waals surface area contributed by atoms with Crippen LogP contribution in [0.15, 0.2) is 46.1 Å². The summed E-state index contributed by atoms with van der Waals surface area (Å²) in [4.78, 5) is 11.8. The Labute approximate surface area is 114 Å². The van der Waals surface area contributed by atoms with E-state index < -0.39 is 5.91 Å². The number of amides is 1. The van der Waals surface area contributed by atoms with Gasteiger partial charge in [0.25, 0.3) is 5.91 Å². The van der Waals surface area contributed by atoms with Gasteiger partial charge in [-0.15, -0.1) is 0 Å². The van der Waals surface area contributed by atoms with Crippen LogP contribution in [0, 0.1) is 0 Å². The molecular formula is C13H11ClN2O3. The highest BCUT2D eigenvalue weighted by Gasteiger charge is 2.11. The van der Waals surface area contributed by atoms with Crippen LogP contribution in [0.4, 0.5) is 0 Å². The molecule has 0 atom stereocenters. The van der Waals surface area contributed by atoms with Crippen molar-refractivity contribution in [2.75, 3.05) is 0 Å². The number of aromatic hydroxyl groups is 1. The Kier molecular flexibility index (Phi) is 3.87. The van der Waals surface area contributed by atoms with Gasteiger partial charge in [0.15, 0.2) is 0 Å². The van der Waals surface area contributed by atoms with E-state index in [1.54, 1.807) is 19.1 Å². The van der Waals surface area contributed by atoms with Gasteiger partial charge in [0.1, 0.15) is 17.2 Å². The molecule has 5 nitrogen and oxygen atoms in total. The zero-order chi connectivity index (χ0) is 13.8. The van der Waals surface area contributed by atoms with Crippen molar-refractivity contribution in [3.63, 3.8) is 0 Å². The molecule has 2 aromatic rings. The normalized spacial score (nSPS) is 11.4. The maximum atomic E-state index is 11.8. The standard InChI is InChI=1S/C13H11ClN2O3/c1-8(12-3-2-6-19-12)15-16-13(18)10-7-9(14)4-5-11(10)17/h2-7,17H,1H3,(H,16,18)/b15-8-. The molecule has 1 amide bonds. The highest BCUT2D eigenvalue weighted by molar-refractivity contribution is 6.31. The van der Waals surface area contributed by atoms with E-state index in [-0.39, 0.29) is 11.3 Å². The van der Waals surface area contributed by atoms with Crippen LogP contribution in [0.3, 0.4) is 0 Å². The van der Waals surface area contributed by atoms with Crippen LogP contribution >= 0.6 is 11.6 Å². The smallest absolute Gasteiger partial charge is 0.275 e. The first-order chi connectivity index (χ1) is 9.08. The van der Waals surface area contributed by atoms with Crippen molar-refractivity contribution in [2.24, 2.45) is 5.10 Å². The fraction of sp³-hybridized carbons (Fsp3) is 0.0769. The third-order valence-electron chi connectivity index (χ3n) is 2.41. The number of carbonyl (C=O) groups is 1. The van der Waals surface area contributed by atoms with E-state index in [1.807, 2.05) is 0 Å². The molecule has 1 aromatic carbocycles. The van der Waals surface area contributed by atoms with Crippen LogP contribution in [-0.4, -0.2) is 16.7 Å². The molecule has 0 spiro atoms. The van der Waals surface area contributed by atoms with Gasteiger partial charge < -0.3 is 9.52 Å². The monoisotopic (exact) mass is 278 g/mol. The summed E-state index contributed by atoms with van der Waals surface area (Å²) in [7, 11) is 0. The Bertz CT molecular complexity index is 621. The number of hydrogen-bond acceptors (Lipinski definition) is 4. The lowest BCUT2D eigenvalue weighted by molar-refractivity contribution is 0.0952. The summed E-state index contributed by atoms with van der Waals surface area (Å²) < 4.78 is 5.12. The number of phenols is 1. The minimum absolute atomic E-state index is 0.0588. The summed E-state index contributed by atoms with van der Waals surface area (Å²) in [6.45, 7) is 1.69. The Balaban J connectivity index is 2.14. The van der Waals surface area contributed by atoms with Crippen molar-refractivity contribution in [1.82, 2.24) is 5.43 Å². The number of nitrogens with zero attached hydrogens (tertiary/aromatic N) is 1. The molecule has 0 radical (unpaired) electrons. The molecule has 6 heteroatoms. The Morgan fingerprint density at radius 1 is 1.42 bits per heavy atom. The molecule has 2 rings (SSSR count). The number of halogens is 1. The van der Waals surface area contributed by atoms with Crippen LogP contribution in [-0.2, 0) is 0 Å². The minimum atomic E-state index is -0.550. The first-order valence-corrected chi connectivity index (χ1v) is 5.83. The lowest BCUT2D eigenvalue weighted by Gasteiger charge is -2.04. The topological polar surface area (TPSA) is 74.8 Å². The van der Waals surface area contributed by atoms with Gasteiger partial charge in [-0.3, -0.25) is 4.79 Å². The molecule has 1 heterocycles. The number of hydrogen-bond donors (Lipinski definition) is 2. The van der Waals surface area contributed by atoms with E-state index in [9.17, 15) is 9.90 Å². The quantitative estimate of drug-likeness (QED) is 0.670. The van der Waals surface area contributed by atoms with Crippen molar-refractivity contribution in [2.45, 2.75) is 6.92 Å². The number of phenolic OH excluding ortho intramolecular Hbond substituents is 1. The zero-order valence-corrected chi connectivity index (χ0v) is 10.8. The number of hydrazone groups is 1. The van der Waals surface area contributed by atoms with Crippen molar-refractivity contribution in [1.29, 1.82) is 0 Å². The Morgan fingerprint density at radius 3 is 2.89 bits per heavy atom. The molecule has 0 aliphatic rings. The molecule has 0 aliphatic carbocycles. The molecule has 0 saturated carbocycles. The number of nitrogens with one attached hydrogen (secondary N) is 1. The van der Waals surface area contributed by atoms with Crippen molar-refractivity contribution in [3.8, 4) is 5.75 Å². The molecule has 98 valence electrons. The summed E-state index contributed by atoms with van der Waals surface area (Å²) in [6, 6.07) is 7.65. The number of furan rings is 1. The minimum Gasteiger partial charge on any atom is -0.507 e. The maximum absolute atomic E-state index is 11.8. The average molecular weight is 279 g/mol. The van der Waals surface area contributed by atoms with Crippen molar-refractivity contribution >= 4 is 23.2 Å². The van der Waals surface area contributed by atoms with Crippen molar-refractivity contribution in [3.05, 3.63) is 52.9 Å².